The van der Waals surface area contributed by atoms with Gasteiger partial charge in [0, 0.05) is 26.2 Å². The minimum atomic E-state index is -4.15. The van der Waals surface area contributed by atoms with Crippen LogP contribution in [-0.4, -0.2) is 74.9 Å². The first kappa shape index (κ1) is 22.5. The number of anilines is 1. The molecular weight excluding hydrogens is 437 g/mol. The molecule has 0 aliphatic carbocycles. The van der Waals surface area contributed by atoms with E-state index in [4.69, 9.17) is 4.74 Å². The maximum absolute atomic E-state index is 13.5. The molecule has 2 aliphatic heterocycles. The number of rotatable bonds is 7. The van der Waals surface area contributed by atoms with Crippen molar-refractivity contribution in [1.29, 1.82) is 0 Å². The van der Waals surface area contributed by atoms with Crippen LogP contribution in [0, 0.1) is 5.82 Å². The number of sulfonamides is 1. The minimum absolute atomic E-state index is 0.0199. The van der Waals surface area contributed by atoms with E-state index < -0.39 is 33.7 Å². The Hall–Kier alpha value is -2.66. The van der Waals surface area contributed by atoms with Crippen LogP contribution in [0.1, 0.15) is 6.42 Å². The van der Waals surface area contributed by atoms with Crippen molar-refractivity contribution in [3.05, 3.63) is 60.4 Å². The average molecular weight is 462 g/mol. The molecule has 2 heterocycles. The van der Waals surface area contributed by atoms with Crippen molar-refractivity contribution in [3.63, 3.8) is 0 Å². The number of carbonyl (C=O) groups excluding carboxylic acids is 2. The lowest BCUT2D eigenvalue weighted by Crippen LogP contribution is -2.49. The van der Waals surface area contributed by atoms with Gasteiger partial charge in [-0.15, -0.1) is 0 Å². The van der Waals surface area contributed by atoms with E-state index in [9.17, 15) is 22.4 Å². The lowest BCUT2D eigenvalue weighted by molar-refractivity contribution is -0.122. The Morgan fingerprint density at radius 2 is 1.66 bits per heavy atom. The van der Waals surface area contributed by atoms with Crippen LogP contribution in [0.2, 0.25) is 0 Å². The van der Waals surface area contributed by atoms with E-state index in [0.29, 0.717) is 38.5 Å². The van der Waals surface area contributed by atoms with Gasteiger partial charge in [-0.3, -0.25) is 14.5 Å². The predicted octanol–water partition coefficient (Wildman–Crippen LogP) is 1.48. The summed E-state index contributed by atoms with van der Waals surface area (Å²) >= 11 is 0. The highest BCUT2D eigenvalue weighted by atomic mass is 32.2. The van der Waals surface area contributed by atoms with Crippen molar-refractivity contribution in [3.8, 4) is 0 Å². The van der Waals surface area contributed by atoms with Crippen molar-refractivity contribution in [2.24, 2.45) is 0 Å². The topological polar surface area (TPSA) is 87.2 Å². The quantitative estimate of drug-likeness (QED) is 0.581. The number of nitrogens with zero attached hydrogens (tertiary/aromatic N) is 3. The van der Waals surface area contributed by atoms with E-state index >= 15 is 0 Å². The first-order valence-electron chi connectivity index (χ1n) is 10.4. The molecule has 8 nitrogen and oxygen atoms in total. The van der Waals surface area contributed by atoms with Crippen LogP contribution in [0.15, 0.2) is 59.5 Å². The van der Waals surface area contributed by atoms with Crippen molar-refractivity contribution in [1.82, 2.24) is 9.21 Å². The molecule has 2 saturated heterocycles. The molecule has 0 aromatic heterocycles. The van der Waals surface area contributed by atoms with Crippen LogP contribution in [0.3, 0.4) is 0 Å². The second kappa shape index (κ2) is 9.45. The fourth-order valence-corrected chi connectivity index (χ4v) is 5.51. The molecule has 2 aromatic carbocycles. The molecular formula is C22H24FN3O5S. The molecule has 170 valence electrons. The van der Waals surface area contributed by atoms with Crippen molar-refractivity contribution < 1.29 is 27.1 Å². The summed E-state index contributed by atoms with van der Waals surface area (Å²) < 4.78 is 46.8. The lowest BCUT2D eigenvalue weighted by Gasteiger charge is -2.31. The van der Waals surface area contributed by atoms with Gasteiger partial charge in [0.05, 0.1) is 30.2 Å². The predicted molar refractivity (Wildman–Crippen MR) is 115 cm³/mol. The van der Waals surface area contributed by atoms with E-state index in [2.05, 4.69) is 0 Å². The Labute approximate surface area is 186 Å². The third-order valence-corrected chi connectivity index (χ3v) is 7.57. The van der Waals surface area contributed by atoms with E-state index in [1.165, 1.54) is 12.1 Å². The highest BCUT2D eigenvalue weighted by Gasteiger charge is 2.46. The van der Waals surface area contributed by atoms with Gasteiger partial charge in [0.15, 0.2) is 0 Å². The molecule has 1 unspecified atom stereocenters. The Morgan fingerprint density at radius 1 is 1.00 bits per heavy atom. The van der Waals surface area contributed by atoms with E-state index in [-0.39, 0.29) is 17.9 Å². The first-order valence-corrected chi connectivity index (χ1v) is 11.8. The molecule has 0 saturated carbocycles. The molecule has 2 aliphatic rings. The maximum atomic E-state index is 13.5. The second-order valence-electron chi connectivity index (χ2n) is 7.65. The van der Waals surface area contributed by atoms with Crippen molar-refractivity contribution >= 4 is 27.5 Å². The zero-order valence-corrected chi connectivity index (χ0v) is 18.2. The number of imide groups is 1. The van der Waals surface area contributed by atoms with Gasteiger partial charge in [0.2, 0.25) is 15.9 Å². The number of amides is 2. The second-order valence-corrected chi connectivity index (χ2v) is 9.54. The number of para-hydroxylation sites is 1. The molecule has 0 bridgehead atoms. The molecule has 2 amide bonds. The number of morpholine rings is 1. The van der Waals surface area contributed by atoms with Gasteiger partial charge in [0.1, 0.15) is 11.9 Å². The Balaban J connectivity index is 1.64. The van der Waals surface area contributed by atoms with E-state index in [1.807, 2.05) is 4.90 Å². The third-order valence-electron chi connectivity index (χ3n) is 5.65. The zero-order chi connectivity index (χ0) is 22.7. The Morgan fingerprint density at radius 3 is 2.31 bits per heavy atom. The summed E-state index contributed by atoms with van der Waals surface area (Å²) in [5.41, 5.74) is 0.400. The molecule has 10 heteroatoms. The fourth-order valence-electron chi connectivity index (χ4n) is 3.94. The first-order chi connectivity index (χ1) is 15.4. The summed E-state index contributed by atoms with van der Waals surface area (Å²) in [6.07, 6.45) is -0.253. The number of ether oxygens (including phenoxy) is 1. The van der Waals surface area contributed by atoms with Crippen LogP contribution in [-0.2, 0) is 24.3 Å². The molecule has 2 fully saturated rings. The molecule has 0 radical (unpaired) electrons. The van der Waals surface area contributed by atoms with Crippen LogP contribution in [0.5, 0.6) is 0 Å². The molecule has 1 atom stereocenters. The molecule has 0 N–H and O–H groups in total. The van der Waals surface area contributed by atoms with E-state index in [1.54, 1.807) is 30.3 Å². The molecule has 2 aromatic rings. The zero-order valence-electron chi connectivity index (χ0n) is 17.4. The Kier molecular flexibility index (Phi) is 6.66. The number of hydrogen-bond acceptors (Lipinski definition) is 6. The summed E-state index contributed by atoms with van der Waals surface area (Å²) in [5, 5.41) is 0. The largest absolute Gasteiger partial charge is 0.379 e. The monoisotopic (exact) mass is 461 g/mol. The molecule has 4 rings (SSSR count). The van der Waals surface area contributed by atoms with Crippen molar-refractivity contribution in [2.45, 2.75) is 17.4 Å². The Bertz CT molecular complexity index is 1070. The van der Waals surface area contributed by atoms with Crippen molar-refractivity contribution in [2.75, 3.05) is 44.3 Å². The summed E-state index contributed by atoms with van der Waals surface area (Å²) in [6.45, 7) is 2.80. The molecule has 0 spiro atoms. The van der Waals surface area contributed by atoms with Gasteiger partial charge >= 0.3 is 0 Å². The number of carbonyl (C=O) groups is 2. The average Bonchev–Trinajstić information content (AvgIpc) is 3.09. The number of halogens is 1. The minimum Gasteiger partial charge on any atom is -0.379 e. The van der Waals surface area contributed by atoms with Gasteiger partial charge in [0.25, 0.3) is 5.91 Å². The molecule has 32 heavy (non-hydrogen) atoms. The van der Waals surface area contributed by atoms with Crippen LogP contribution in [0.25, 0.3) is 0 Å². The van der Waals surface area contributed by atoms with E-state index in [0.717, 1.165) is 21.3 Å². The van der Waals surface area contributed by atoms with Crippen LogP contribution < -0.4 is 4.90 Å². The van der Waals surface area contributed by atoms with Gasteiger partial charge in [-0.2, -0.15) is 4.31 Å². The summed E-state index contributed by atoms with van der Waals surface area (Å²) in [5.74, 6) is -1.61. The van der Waals surface area contributed by atoms with Crippen LogP contribution >= 0.6 is 0 Å². The smallest absolute Gasteiger partial charge is 0.252 e. The van der Waals surface area contributed by atoms with Gasteiger partial charge in [-0.25, -0.2) is 17.7 Å². The lowest BCUT2D eigenvalue weighted by atomic mass is 10.2. The third kappa shape index (κ3) is 4.58. The highest BCUT2D eigenvalue weighted by molar-refractivity contribution is 7.89. The highest BCUT2D eigenvalue weighted by Crippen LogP contribution is 2.29. The standard InChI is InChI=1S/C22H24FN3O5S/c23-17-6-8-19(9-7-17)32(29,30)25(11-10-24-12-14-31-15-13-24)20-16-21(27)26(22(20)28)18-4-2-1-3-5-18/h1-9,20H,10-16H2. The van der Waals surface area contributed by atoms with Gasteiger partial charge in [-0.1, -0.05) is 18.2 Å². The summed E-state index contributed by atoms with van der Waals surface area (Å²) in [4.78, 5) is 28.9. The summed E-state index contributed by atoms with van der Waals surface area (Å²) in [6, 6.07) is 11.7. The SMILES string of the molecule is O=C1CC(N(CCN2CCOCC2)S(=O)(=O)c2ccc(F)cc2)C(=O)N1c1ccccc1. The summed E-state index contributed by atoms with van der Waals surface area (Å²) in [7, 11) is -4.15. The van der Waals surface area contributed by atoms with Gasteiger partial charge in [-0.05, 0) is 36.4 Å². The van der Waals surface area contributed by atoms with Gasteiger partial charge < -0.3 is 4.74 Å². The maximum Gasteiger partial charge on any atom is 0.252 e. The number of hydrogen-bond donors (Lipinski definition) is 0. The number of benzene rings is 2. The fraction of sp³-hybridized carbons (Fsp3) is 0.364. The van der Waals surface area contributed by atoms with Crippen LogP contribution in [0.4, 0.5) is 10.1 Å². The normalized spacial score (nSPS) is 20.3.